The number of carbonyl (C=O) groups is 1. The Morgan fingerprint density at radius 2 is 2.00 bits per heavy atom. The number of carbonyl (C=O) groups excluding carboxylic acids is 1. The molecule has 1 aromatic rings. The lowest BCUT2D eigenvalue weighted by Crippen LogP contribution is -2.47. The van der Waals surface area contributed by atoms with Crippen LogP contribution in [0, 0.1) is 6.92 Å². The molecule has 1 spiro atoms. The highest BCUT2D eigenvalue weighted by Crippen LogP contribution is 2.31. The fraction of sp³-hybridized carbons (Fsp3) is 0.667. The normalized spacial score (nSPS) is 21.6. The minimum atomic E-state index is -0.473. The molecule has 0 atom stereocenters. The van der Waals surface area contributed by atoms with Crippen molar-refractivity contribution < 1.29 is 14.3 Å². The fourth-order valence-corrected chi connectivity index (χ4v) is 4.25. The third-order valence-corrected chi connectivity index (χ3v) is 5.82. The number of aromatic nitrogens is 2. The van der Waals surface area contributed by atoms with E-state index in [2.05, 4.69) is 21.4 Å². The van der Waals surface area contributed by atoms with E-state index < -0.39 is 5.79 Å². The first-order chi connectivity index (χ1) is 13.6. The number of nitrogens with one attached hydrogen (secondary N) is 1. The molecule has 0 saturated carbocycles. The van der Waals surface area contributed by atoms with E-state index in [1.807, 2.05) is 11.8 Å². The van der Waals surface area contributed by atoms with Gasteiger partial charge in [-0.25, -0.2) is 9.97 Å². The van der Waals surface area contributed by atoms with Gasteiger partial charge < -0.3 is 19.7 Å². The zero-order valence-electron chi connectivity index (χ0n) is 16.7. The van der Waals surface area contributed by atoms with Crippen LogP contribution in [0.5, 0.6) is 0 Å². The van der Waals surface area contributed by atoms with Crippen LogP contribution in [-0.4, -0.2) is 59.4 Å². The first-order valence-electron chi connectivity index (χ1n) is 10.5. The summed E-state index contributed by atoms with van der Waals surface area (Å²) in [5, 5.41) is 3.37. The molecule has 1 aliphatic carbocycles. The van der Waals surface area contributed by atoms with Crippen molar-refractivity contribution in [3.05, 3.63) is 29.2 Å². The number of hydrogen-bond acceptors (Lipinski definition) is 6. The largest absolute Gasteiger partial charge is 0.370 e. The van der Waals surface area contributed by atoms with Crippen molar-refractivity contribution in [2.45, 2.75) is 57.7 Å². The van der Waals surface area contributed by atoms with E-state index in [1.165, 1.54) is 31.3 Å². The molecule has 3 aliphatic rings. The van der Waals surface area contributed by atoms with Crippen LogP contribution in [0.1, 0.15) is 61.3 Å². The van der Waals surface area contributed by atoms with Crippen molar-refractivity contribution in [2.24, 2.45) is 0 Å². The van der Waals surface area contributed by atoms with Gasteiger partial charge >= 0.3 is 0 Å². The molecule has 2 aliphatic heterocycles. The summed E-state index contributed by atoms with van der Waals surface area (Å²) in [5.74, 6) is 0.819. The summed E-state index contributed by atoms with van der Waals surface area (Å²) in [7, 11) is 0. The molecule has 0 aromatic carbocycles. The Hall–Kier alpha value is -1.99. The summed E-state index contributed by atoms with van der Waals surface area (Å²) >= 11 is 0. The Morgan fingerprint density at radius 1 is 1.21 bits per heavy atom. The van der Waals surface area contributed by atoms with Gasteiger partial charge in [0.05, 0.1) is 13.2 Å². The van der Waals surface area contributed by atoms with Gasteiger partial charge in [-0.3, -0.25) is 4.79 Å². The lowest BCUT2D eigenvalue weighted by atomic mass is 9.97. The maximum absolute atomic E-state index is 12.9. The Kier molecular flexibility index (Phi) is 5.92. The molecule has 7 nitrogen and oxygen atoms in total. The van der Waals surface area contributed by atoms with E-state index in [1.54, 1.807) is 6.07 Å². The third kappa shape index (κ3) is 4.52. The summed E-state index contributed by atoms with van der Waals surface area (Å²) in [6.45, 7) is 5.20. The van der Waals surface area contributed by atoms with Crippen molar-refractivity contribution in [3.63, 3.8) is 0 Å². The van der Waals surface area contributed by atoms with Crippen LogP contribution >= 0.6 is 0 Å². The van der Waals surface area contributed by atoms with Gasteiger partial charge in [0, 0.05) is 38.5 Å². The standard InChI is InChI=1S/C21H30N4O3/c1-16-23-18(15-19(24-16)22-10-7-17-5-3-2-4-6-17)20(26)25-11-8-21(9-12-25)27-13-14-28-21/h5,15H,2-4,6-14H2,1H3,(H,22,23,24). The number of rotatable bonds is 5. The van der Waals surface area contributed by atoms with Crippen molar-refractivity contribution in [3.8, 4) is 0 Å². The molecule has 0 unspecified atom stereocenters. The van der Waals surface area contributed by atoms with Gasteiger partial charge in [0.15, 0.2) is 5.79 Å². The van der Waals surface area contributed by atoms with Crippen molar-refractivity contribution in [2.75, 3.05) is 38.2 Å². The number of anilines is 1. The molecule has 4 rings (SSSR count). The monoisotopic (exact) mass is 386 g/mol. The van der Waals surface area contributed by atoms with Crippen molar-refractivity contribution >= 4 is 11.7 Å². The van der Waals surface area contributed by atoms with Gasteiger partial charge in [0.25, 0.3) is 5.91 Å². The van der Waals surface area contributed by atoms with Gasteiger partial charge in [0.1, 0.15) is 17.3 Å². The molecule has 7 heteroatoms. The zero-order chi connectivity index (χ0) is 19.4. The minimum Gasteiger partial charge on any atom is -0.370 e. The van der Waals surface area contributed by atoms with E-state index in [0.29, 0.717) is 50.7 Å². The number of piperidine rings is 1. The molecule has 2 fully saturated rings. The Balaban J connectivity index is 1.35. The summed E-state index contributed by atoms with van der Waals surface area (Å²) in [4.78, 5) is 23.6. The van der Waals surface area contributed by atoms with Crippen LogP contribution < -0.4 is 5.32 Å². The highest BCUT2D eigenvalue weighted by atomic mass is 16.7. The first kappa shape index (κ1) is 19.3. The van der Waals surface area contributed by atoms with E-state index in [0.717, 1.165) is 18.8 Å². The number of allylic oxidation sites excluding steroid dienone is 1. The average molecular weight is 386 g/mol. The zero-order valence-corrected chi connectivity index (χ0v) is 16.7. The van der Waals surface area contributed by atoms with Gasteiger partial charge in [0.2, 0.25) is 0 Å². The SMILES string of the molecule is Cc1nc(NCCC2=CCCCC2)cc(C(=O)N2CCC3(CC2)OCCO3)n1. The van der Waals surface area contributed by atoms with Crippen LogP contribution in [0.4, 0.5) is 5.82 Å². The molecular weight excluding hydrogens is 356 g/mol. The van der Waals surface area contributed by atoms with Gasteiger partial charge in [-0.05, 0) is 39.0 Å². The molecular formula is C21H30N4O3. The maximum Gasteiger partial charge on any atom is 0.272 e. The van der Waals surface area contributed by atoms with Crippen LogP contribution in [0.15, 0.2) is 17.7 Å². The van der Waals surface area contributed by atoms with Gasteiger partial charge in [-0.15, -0.1) is 0 Å². The van der Waals surface area contributed by atoms with Gasteiger partial charge in [-0.1, -0.05) is 11.6 Å². The number of likely N-dealkylation sites (tertiary alicyclic amines) is 1. The second-order valence-electron chi connectivity index (χ2n) is 7.87. The predicted molar refractivity (Wildman–Crippen MR) is 106 cm³/mol. The second-order valence-corrected chi connectivity index (χ2v) is 7.87. The van der Waals surface area contributed by atoms with E-state index in [-0.39, 0.29) is 5.91 Å². The molecule has 152 valence electrons. The predicted octanol–water partition coefficient (Wildman–Crippen LogP) is 3.07. The van der Waals surface area contributed by atoms with Gasteiger partial charge in [-0.2, -0.15) is 0 Å². The molecule has 2 saturated heterocycles. The summed E-state index contributed by atoms with van der Waals surface area (Å²) in [6, 6.07) is 1.78. The van der Waals surface area contributed by atoms with Crippen LogP contribution in [-0.2, 0) is 9.47 Å². The number of ether oxygens (including phenoxy) is 2. The molecule has 3 heterocycles. The molecule has 1 aromatic heterocycles. The van der Waals surface area contributed by atoms with E-state index >= 15 is 0 Å². The summed E-state index contributed by atoms with van der Waals surface area (Å²) in [5.41, 5.74) is 1.98. The quantitative estimate of drug-likeness (QED) is 0.784. The van der Waals surface area contributed by atoms with Crippen LogP contribution in [0.3, 0.4) is 0 Å². The molecule has 0 radical (unpaired) electrons. The number of nitrogens with zero attached hydrogens (tertiary/aromatic N) is 3. The van der Waals surface area contributed by atoms with E-state index in [4.69, 9.17) is 9.47 Å². The Bertz CT molecular complexity index is 733. The summed E-state index contributed by atoms with van der Waals surface area (Å²) in [6.07, 6.45) is 9.83. The average Bonchev–Trinajstić information content (AvgIpc) is 3.16. The van der Waals surface area contributed by atoms with Crippen molar-refractivity contribution in [1.82, 2.24) is 14.9 Å². The molecule has 1 N–H and O–H groups in total. The molecule has 1 amide bonds. The van der Waals surface area contributed by atoms with Crippen molar-refractivity contribution in [1.29, 1.82) is 0 Å². The highest BCUT2D eigenvalue weighted by molar-refractivity contribution is 5.93. The topological polar surface area (TPSA) is 76.6 Å². The number of aryl methyl sites for hydroxylation is 1. The number of hydrogen-bond donors (Lipinski definition) is 1. The second kappa shape index (κ2) is 8.57. The number of amides is 1. The lowest BCUT2D eigenvalue weighted by Gasteiger charge is -2.37. The summed E-state index contributed by atoms with van der Waals surface area (Å²) < 4.78 is 11.5. The van der Waals surface area contributed by atoms with E-state index in [9.17, 15) is 4.79 Å². The first-order valence-corrected chi connectivity index (χ1v) is 10.5. The fourth-order valence-electron chi connectivity index (χ4n) is 4.25. The minimum absolute atomic E-state index is 0.0450. The van der Waals surface area contributed by atoms with Crippen LogP contribution in [0.2, 0.25) is 0 Å². The third-order valence-electron chi connectivity index (χ3n) is 5.82. The Morgan fingerprint density at radius 3 is 2.71 bits per heavy atom. The lowest BCUT2D eigenvalue weighted by molar-refractivity contribution is -0.181. The highest BCUT2D eigenvalue weighted by Gasteiger charge is 2.41. The Labute approximate surface area is 166 Å². The molecule has 28 heavy (non-hydrogen) atoms. The van der Waals surface area contributed by atoms with Crippen LogP contribution in [0.25, 0.3) is 0 Å². The molecule has 0 bridgehead atoms. The maximum atomic E-state index is 12.9. The smallest absolute Gasteiger partial charge is 0.272 e.